The first-order valence-corrected chi connectivity index (χ1v) is 5.22. The molecule has 0 N–H and O–H groups in total. The number of halogens is 2. The Balaban J connectivity index is 2.31. The van der Waals surface area contributed by atoms with E-state index in [1.807, 2.05) is 0 Å². The van der Waals surface area contributed by atoms with Crippen molar-refractivity contribution in [3.05, 3.63) is 66.1 Å². The second-order valence-electron chi connectivity index (χ2n) is 3.53. The van der Waals surface area contributed by atoms with Gasteiger partial charge in [0.15, 0.2) is 23.1 Å². The molecule has 3 heteroatoms. The lowest BCUT2D eigenvalue weighted by Crippen LogP contribution is -1.92. The molecule has 0 saturated heterocycles. The Morgan fingerprint density at radius 3 is 2.44 bits per heavy atom. The van der Waals surface area contributed by atoms with Crippen molar-refractivity contribution in [2.24, 2.45) is 0 Å². The van der Waals surface area contributed by atoms with Crippen LogP contribution < -0.4 is 4.74 Å². The molecule has 0 spiro atoms. The van der Waals surface area contributed by atoms with Gasteiger partial charge in [-0.3, -0.25) is 0 Å². The number of ether oxygens (including phenoxy) is 1. The van der Waals surface area contributed by atoms with Crippen LogP contribution in [0.15, 0.2) is 42.5 Å². The van der Waals surface area contributed by atoms with E-state index in [0.717, 1.165) is 0 Å². The fourth-order valence-electron chi connectivity index (χ4n) is 1.43. The molecule has 0 heterocycles. The molecule has 2 aromatic carbocycles. The largest absolute Gasteiger partial charge is 0.451 e. The number of benzene rings is 2. The molecule has 0 aliphatic rings. The van der Waals surface area contributed by atoms with Crippen LogP contribution in [0.2, 0.25) is 0 Å². The molecule has 0 bridgehead atoms. The number of hydrogen-bond acceptors (Lipinski definition) is 1. The first-order valence-electron chi connectivity index (χ1n) is 5.22. The molecular formula is C15H9F2O. The molecule has 0 aliphatic heterocycles. The molecule has 0 aliphatic carbocycles. The molecular weight excluding hydrogens is 234 g/mol. The average molecular weight is 243 g/mol. The third kappa shape index (κ3) is 2.67. The van der Waals surface area contributed by atoms with Gasteiger partial charge in [0.2, 0.25) is 0 Å². The van der Waals surface area contributed by atoms with Crippen molar-refractivity contribution in [2.75, 3.05) is 0 Å². The minimum absolute atomic E-state index is 0.0331. The van der Waals surface area contributed by atoms with Crippen molar-refractivity contribution >= 4 is 0 Å². The van der Waals surface area contributed by atoms with Gasteiger partial charge in [0.1, 0.15) is 0 Å². The summed E-state index contributed by atoms with van der Waals surface area (Å²) < 4.78 is 32.1. The van der Waals surface area contributed by atoms with E-state index in [2.05, 4.69) is 5.92 Å². The number of hydrogen-bond donors (Lipinski definition) is 0. The Hall–Kier alpha value is -2.34. The quantitative estimate of drug-likeness (QED) is 0.742. The van der Waals surface area contributed by atoms with Gasteiger partial charge < -0.3 is 4.74 Å². The van der Waals surface area contributed by atoms with Crippen LogP contribution in [-0.4, -0.2) is 0 Å². The predicted molar refractivity (Wildman–Crippen MR) is 65.1 cm³/mol. The highest BCUT2D eigenvalue weighted by molar-refractivity contribution is 5.40. The van der Waals surface area contributed by atoms with Crippen LogP contribution in [0.4, 0.5) is 8.78 Å². The van der Waals surface area contributed by atoms with E-state index in [9.17, 15) is 8.78 Å². The summed E-state index contributed by atoms with van der Waals surface area (Å²) in [6.45, 7) is 0. The van der Waals surface area contributed by atoms with E-state index in [4.69, 9.17) is 11.2 Å². The monoisotopic (exact) mass is 243 g/mol. The Kier molecular flexibility index (Phi) is 3.59. The van der Waals surface area contributed by atoms with Gasteiger partial charge in [-0.25, -0.2) is 8.78 Å². The third-order valence-corrected chi connectivity index (χ3v) is 2.26. The van der Waals surface area contributed by atoms with Crippen molar-refractivity contribution in [3.63, 3.8) is 0 Å². The van der Waals surface area contributed by atoms with Crippen LogP contribution in [0.1, 0.15) is 5.56 Å². The SMILES string of the molecule is C#C[CH]c1ccc(F)c(Oc2ccccc2F)c1. The predicted octanol–water partition coefficient (Wildman–Crippen LogP) is 3.94. The second kappa shape index (κ2) is 5.33. The van der Waals surface area contributed by atoms with Gasteiger partial charge in [-0.05, 0) is 29.8 Å². The average Bonchev–Trinajstić information content (AvgIpc) is 2.36. The van der Waals surface area contributed by atoms with Crippen molar-refractivity contribution in [2.45, 2.75) is 0 Å². The van der Waals surface area contributed by atoms with E-state index in [-0.39, 0.29) is 11.5 Å². The van der Waals surface area contributed by atoms with Gasteiger partial charge in [0.25, 0.3) is 0 Å². The zero-order valence-electron chi connectivity index (χ0n) is 9.36. The zero-order valence-corrected chi connectivity index (χ0v) is 9.36. The lowest BCUT2D eigenvalue weighted by atomic mass is 10.1. The Morgan fingerprint density at radius 2 is 1.72 bits per heavy atom. The van der Waals surface area contributed by atoms with Crippen molar-refractivity contribution < 1.29 is 13.5 Å². The number of para-hydroxylation sites is 1. The third-order valence-electron chi connectivity index (χ3n) is 2.26. The van der Waals surface area contributed by atoms with Gasteiger partial charge in [0, 0.05) is 0 Å². The highest BCUT2D eigenvalue weighted by Gasteiger charge is 2.09. The minimum atomic E-state index is -0.576. The Bertz CT molecular complexity index is 600. The molecule has 0 unspecified atom stereocenters. The number of rotatable bonds is 3. The molecule has 0 saturated carbocycles. The maximum absolute atomic E-state index is 13.5. The lowest BCUT2D eigenvalue weighted by Gasteiger charge is -2.08. The lowest BCUT2D eigenvalue weighted by molar-refractivity contribution is 0.414. The fraction of sp³-hybridized carbons (Fsp3) is 0. The van der Waals surface area contributed by atoms with Crippen LogP contribution in [-0.2, 0) is 0 Å². The van der Waals surface area contributed by atoms with Crippen LogP contribution in [0.5, 0.6) is 11.5 Å². The fourth-order valence-corrected chi connectivity index (χ4v) is 1.43. The Labute approximate surface area is 104 Å². The summed E-state index contributed by atoms with van der Waals surface area (Å²) in [6.07, 6.45) is 6.59. The summed E-state index contributed by atoms with van der Waals surface area (Å²) in [5.74, 6) is 1.10. The first-order chi connectivity index (χ1) is 8.70. The van der Waals surface area contributed by atoms with Crippen molar-refractivity contribution in [1.82, 2.24) is 0 Å². The van der Waals surface area contributed by atoms with Crippen molar-refractivity contribution in [1.29, 1.82) is 0 Å². The highest BCUT2D eigenvalue weighted by Crippen LogP contribution is 2.27. The maximum Gasteiger partial charge on any atom is 0.165 e. The van der Waals surface area contributed by atoms with Crippen molar-refractivity contribution in [3.8, 4) is 23.8 Å². The molecule has 18 heavy (non-hydrogen) atoms. The van der Waals surface area contributed by atoms with Crippen LogP contribution in [0, 0.1) is 30.4 Å². The van der Waals surface area contributed by atoms with Gasteiger partial charge >= 0.3 is 0 Å². The normalized spacial score (nSPS) is 9.83. The smallest absolute Gasteiger partial charge is 0.165 e. The molecule has 89 valence electrons. The molecule has 0 amide bonds. The summed E-state index contributed by atoms with van der Waals surface area (Å²) in [7, 11) is 0. The molecule has 1 radical (unpaired) electrons. The van der Waals surface area contributed by atoms with Gasteiger partial charge in [-0.15, -0.1) is 6.42 Å². The van der Waals surface area contributed by atoms with E-state index in [0.29, 0.717) is 5.56 Å². The summed E-state index contributed by atoms with van der Waals surface area (Å²) in [4.78, 5) is 0. The number of terminal acetylenes is 1. The molecule has 2 aromatic rings. The summed E-state index contributed by atoms with van der Waals surface area (Å²) in [6, 6.07) is 9.95. The molecule has 0 fully saturated rings. The van der Waals surface area contributed by atoms with E-state index in [1.165, 1.54) is 42.8 Å². The van der Waals surface area contributed by atoms with Crippen LogP contribution in [0.25, 0.3) is 0 Å². The minimum Gasteiger partial charge on any atom is -0.451 e. The molecule has 0 atom stereocenters. The summed E-state index contributed by atoms with van der Waals surface area (Å²) >= 11 is 0. The molecule has 1 nitrogen and oxygen atoms in total. The van der Waals surface area contributed by atoms with Crippen LogP contribution in [0.3, 0.4) is 0 Å². The van der Waals surface area contributed by atoms with E-state index < -0.39 is 11.6 Å². The topological polar surface area (TPSA) is 9.23 Å². The van der Waals surface area contributed by atoms with E-state index in [1.54, 1.807) is 6.07 Å². The highest BCUT2D eigenvalue weighted by atomic mass is 19.1. The second-order valence-corrected chi connectivity index (χ2v) is 3.53. The van der Waals surface area contributed by atoms with Gasteiger partial charge in [-0.1, -0.05) is 24.1 Å². The van der Waals surface area contributed by atoms with Crippen LogP contribution >= 0.6 is 0 Å². The zero-order chi connectivity index (χ0) is 13.0. The van der Waals surface area contributed by atoms with E-state index >= 15 is 0 Å². The molecule has 2 rings (SSSR count). The summed E-state index contributed by atoms with van der Waals surface area (Å²) in [5, 5.41) is 0. The maximum atomic E-state index is 13.5. The van der Waals surface area contributed by atoms with Gasteiger partial charge in [-0.2, -0.15) is 0 Å². The van der Waals surface area contributed by atoms with Gasteiger partial charge in [0.05, 0.1) is 6.42 Å². The summed E-state index contributed by atoms with van der Waals surface area (Å²) in [5.41, 5.74) is 0.616. The first kappa shape index (κ1) is 12.1. The molecule has 0 aromatic heterocycles. The standard InChI is InChI=1S/C15H9F2O/c1-2-5-11-8-9-13(17)15(10-11)18-14-7-4-3-6-12(14)16/h1,3-10H. The Morgan fingerprint density at radius 1 is 1.00 bits per heavy atom.